The maximum absolute atomic E-state index is 12.5. The number of thiophene rings is 1. The van der Waals surface area contributed by atoms with Gasteiger partial charge < -0.3 is 5.11 Å². The van der Waals surface area contributed by atoms with E-state index in [0.717, 1.165) is 11.3 Å². The van der Waals surface area contributed by atoms with E-state index < -0.39 is 16.0 Å². The summed E-state index contributed by atoms with van der Waals surface area (Å²) in [5.74, 6) is -1.14. The molecule has 0 bridgehead atoms. The van der Waals surface area contributed by atoms with Gasteiger partial charge in [0.2, 0.25) is 0 Å². The molecule has 1 aromatic rings. The minimum absolute atomic E-state index is 0.000889. The van der Waals surface area contributed by atoms with E-state index in [2.05, 4.69) is 0 Å². The number of hydrogen-bond acceptors (Lipinski definition) is 5. The van der Waals surface area contributed by atoms with Crippen molar-refractivity contribution in [2.24, 2.45) is 0 Å². The van der Waals surface area contributed by atoms with E-state index >= 15 is 0 Å². The highest BCUT2D eigenvalue weighted by Gasteiger charge is 2.29. The van der Waals surface area contributed by atoms with Crippen molar-refractivity contribution < 1.29 is 18.3 Å². The minimum Gasteiger partial charge on any atom is -0.477 e. The molecule has 1 heterocycles. The molecule has 0 radical (unpaired) electrons. The average molecular weight is 316 g/mol. The zero-order valence-electron chi connectivity index (χ0n) is 11.5. The lowest BCUT2D eigenvalue weighted by atomic mass is 10.3. The van der Waals surface area contributed by atoms with E-state index in [-0.39, 0.29) is 28.1 Å². The normalized spacial score (nSPS) is 11.8. The lowest BCUT2D eigenvalue weighted by Crippen LogP contribution is -2.37. The molecule has 110 valence electrons. The molecule has 0 fully saturated rings. The van der Waals surface area contributed by atoms with Crippen LogP contribution in [0.3, 0.4) is 0 Å². The summed E-state index contributed by atoms with van der Waals surface area (Å²) in [6.45, 7) is 5.09. The first-order valence-electron chi connectivity index (χ1n) is 5.94. The third kappa shape index (κ3) is 3.36. The van der Waals surface area contributed by atoms with Crippen molar-refractivity contribution in [2.75, 3.05) is 6.54 Å². The van der Waals surface area contributed by atoms with Gasteiger partial charge in [-0.3, -0.25) is 0 Å². The molecule has 20 heavy (non-hydrogen) atoms. The molecule has 1 N–H and O–H groups in total. The lowest BCUT2D eigenvalue weighted by molar-refractivity contribution is 0.0701. The van der Waals surface area contributed by atoms with E-state index in [9.17, 15) is 13.2 Å². The highest BCUT2D eigenvalue weighted by Crippen LogP contribution is 2.29. The van der Waals surface area contributed by atoms with Crippen molar-refractivity contribution in [3.63, 3.8) is 0 Å². The number of carboxylic acid groups (broad SMARTS) is 1. The maximum atomic E-state index is 12.5. The van der Waals surface area contributed by atoms with Crippen LogP contribution in [0.25, 0.3) is 0 Å². The van der Waals surface area contributed by atoms with Gasteiger partial charge in [-0.05, 0) is 32.4 Å². The zero-order chi connectivity index (χ0) is 15.5. The second-order valence-electron chi connectivity index (χ2n) is 4.50. The van der Waals surface area contributed by atoms with Crippen LogP contribution >= 0.6 is 11.3 Å². The Morgan fingerprint density at radius 1 is 1.55 bits per heavy atom. The second kappa shape index (κ2) is 6.35. The van der Waals surface area contributed by atoms with Gasteiger partial charge in [-0.25, -0.2) is 13.2 Å². The Hall–Kier alpha value is -1.43. The van der Waals surface area contributed by atoms with Crippen LogP contribution in [0.4, 0.5) is 0 Å². The number of nitriles is 1. The molecule has 0 saturated carbocycles. The Balaban J connectivity index is 3.23. The van der Waals surface area contributed by atoms with Crippen molar-refractivity contribution >= 4 is 27.3 Å². The smallest absolute Gasteiger partial charge is 0.346 e. The van der Waals surface area contributed by atoms with E-state index in [0.29, 0.717) is 5.56 Å². The fourth-order valence-corrected chi connectivity index (χ4v) is 4.87. The lowest BCUT2D eigenvalue weighted by Gasteiger charge is -2.24. The number of aromatic carboxylic acids is 1. The standard InChI is InChI=1S/C12H16N2O4S2/c1-8(2)14(6-4-5-13)20(17,18)10-7-9(3)11(19-10)12(15)16/h7-8H,4,6H2,1-3H3,(H,15,16). The maximum Gasteiger partial charge on any atom is 0.346 e. The predicted molar refractivity (Wildman–Crippen MR) is 75.3 cm³/mol. The van der Waals surface area contributed by atoms with Gasteiger partial charge in [-0.2, -0.15) is 9.57 Å². The number of aryl methyl sites for hydroxylation is 1. The minimum atomic E-state index is -3.77. The van der Waals surface area contributed by atoms with Crippen LogP contribution in [0.5, 0.6) is 0 Å². The van der Waals surface area contributed by atoms with Gasteiger partial charge in [0.15, 0.2) is 0 Å². The molecule has 0 spiro atoms. The third-order valence-electron chi connectivity index (χ3n) is 2.67. The van der Waals surface area contributed by atoms with E-state index in [1.807, 2.05) is 6.07 Å². The Morgan fingerprint density at radius 3 is 2.55 bits per heavy atom. The molecular formula is C12H16N2O4S2. The van der Waals surface area contributed by atoms with Gasteiger partial charge >= 0.3 is 5.97 Å². The summed E-state index contributed by atoms with van der Waals surface area (Å²) >= 11 is 0.742. The molecular weight excluding hydrogens is 300 g/mol. The number of rotatable bonds is 6. The van der Waals surface area contributed by atoms with Crippen LogP contribution in [0, 0.1) is 18.3 Å². The number of carbonyl (C=O) groups is 1. The zero-order valence-corrected chi connectivity index (χ0v) is 13.1. The van der Waals surface area contributed by atoms with Crippen molar-refractivity contribution in [1.82, 2.24) is 4.31 Å². The number of sulfonamides is 1. The van der Waals surface area contributed by atoms with Gasteiger partial charge in [-0.15, -0.1) is 11.3 Å². The third-order valence-corrected chi connectivity index (χ3v) is 6.42. The first-order valence-corrected chi connectivity index (χ1v) is 8.20. The summed E-state index contributed by atoms with van der Waals surface area (Å²) < 4.78 is 26.2. The van der Waals surface area contributed by atoms with Crippen molar-refractivity contribution in [3.05, 3.63) is 16.5 Å². The Kier molecular flexibility index (Phi) is 5.28. The quantitative estimate of drug-likeness (QED) is 0.866. The highest BCUT2D eigenvalue weighted by molar-refractivity contribution is 7.91. The second-order valence-corrected chi connectivity index (χ2v) is 7.67. The summed E-state index contributed by atoms with van der Waals surface area (Å²) in [5.41, 5.74) is 0.421. The molecule has 0 atom stereocenters. The van der Waals surface area contributed by atoms with Crippen LogP contribution < -0.4 is 0 Å². The van der Waals surface area contributed by atoms with Crippen molar-refractivity contribution in [2.45, 2.75) is 37.4 Å². The summed E-state index contributed by atoms with van der Waals surface area (Å²) in [6, 6.07) is 2.98. The first kappa shape index (κ1) is 16.6. The molecule has 0 aliphatic carbocycles. The van der Waals surface area contributed by atoms with E-state index in [1.165, 1.54) is 10.4 Å². The van der Waals surface area contributed by atoms with Crippen LogP contribution in [-0.4, -0.2) is 36.4 Å². The van der Waals surface area contributed by atoms with Gasteiger partial charge in [0.05, 0.1) is 6.07 Å². The van der Waals surface area contributed by atoms with Crippen LogP contribution in [0.2, 0.25) is 0 Å². The fraction of sp³-hybridized carbons (Fsp3) is 0.500. The Morgan fingerprint density at radius 2 is 2.15 bits per heavy atom. The van der Waals surface area contributed by atoms with Crippen LogP contribution in [-0.2, 0) is 10.0 Å². The van der Waals surface area contributed by atoms with E-state index in [4.69, 9.17) is 10.4 Å². The van der Waals surface area contributed by atoms with Gasteiger partial charge in [0.25, 0.3) is 10.0 Å². The molecule has 1 rings (SSSR count). The molecule has 0 aromatic carbocycles. The Bertz CT molecular complexity index is 641. The molecule has 0 aliphatic rings. The summed E-state index contributed by atoms with van der Waals surface area (Å²) in [7, 11) is -3.77. The molecule has 0 amide bonds. The summed E-state index contributed by atoms with van der Waals surface area (Å²) in [5, 5.41) is 17.6. The largest absolute Gasteiger partial charge is 0.477 e. The highest BCUT2D eigenvalue weighted by atomic mass is 32.2. The molecule has 6 nitrogen and oxygen atoms in total. The average Bonchev–Trinajstić information content (AvgIpc) is 2.72. The number of carboxylic acids is 1. The van der Waals surface area contributed by atoms with Gasteiger partial charge in [0.1, 0.15) is 9.09 Å². The van der Waals surface area contributed by atoms with Crippen molar-refractivity contribution in [3.8, 4) is 6.07 Å². The monoisotopic (exact) mass is 316 g/mol. The van der Waals surface area contributed by atoms with Crippen LogP contribution in [0.15, 0.2) is 10.3 Å². The van der Waals surface area contributed by atoms with Gasteiger partial charge in [0, 0.05) is 19.0 Å². The molecule has 8 heteroatoms. The molecule has 0 unspecified atom stereocenters. The van der Waals surface area contributed by atoms with Crippen molar-refractivity contribution in [1.29, 1.82) is 5.26 Å². The molecule has 0 aliphatic heterocycles. The predicted octanol–water partition coefficient (Wildman–Crippen LogP) is 2.07. The summed E-state index contributed by atoms with van der Waals surface area (Å²) in [4.78, 5) is 11.0. The van der Waals surface area contributed by atoms with Gasteiger partial charge in [-0.1, -0.05) is 0 Å². The Labute approximate surface area is 122 Å². The topological polar surface area (TPSA) is 98.5 Å². The molecule has 1 aromatic heterocycles. The fourth-order valence-electron chi connectivity index (χ4n) is 1.72. The van der Waals surface area contributed by atoms with Crippen LogP contribution in [0.1, 0.15) is 35.5 Å². The SMILES string of the molecule is Cc1cc(S(=O)(=O)N(CCC#N)C(C)C)sc1C(=O)O. The molecule has 0 saturated heterocycles. The number of hydrogen-bond donors (Lipinski definition) is 1. The summed E-state index contributed by atoms with van der Waals surface area (Å²) in [6.07, 6.45) is 0.0908. The number of nitrogens with zero attached hydrogens (tertiary/aromatic N) is 2. The first-order chi connectivity index (χ1) is 9.21. The van der Waals surface area contributed by atoms with E-state index in [1.54, 1.807) is 20.8 Å².